The van der Waals surface area contributed by atoms with E-state index in [0.29, 0.717) is 19.0 Å². The Morgan fingerprint density at radius 3 is 2.60 bits per heavy atom. The summed E-state index contributed by atoms with van der Waals surface area (Å²) in [6, 6.07) is 2.46. The third-order valence-corrected chi connectivity index (χ3v) is 3.80. The fourth-order valence-corrected chi connectivity index (χ4v) is 2.44. The van der Waals surface area contributed by atoms with Crippen LogP contribution in [0.4, 0.5) is 5.69 Å². The van der Waals surface area contributed by atoms with Gasteiger partial charge >= 0.3 is 0 Å². The Labute approximate surface area is 116 Å². The van der Waals surface area contributed by atoms with Gasteiger partial charge < -0.3 is 14.6 Å². The smallest absolute Gasteiger partial charge is 0.285 e. The highest BCUT2D eigenvalue weighted by Crippen LogP contribution is 2.16. The van der Waals surface area contributed by atoms with E-state index in [9.17, 15) is 14.9 Å². The van der Waals surface area contributed by atoms with Crippen LogP contribution in [0.3, 0.4) is 0 Å². The van der Waals surface area contributed by atoms with Crippen LogP contribution < -0.4 is 5.56 Å². The normalized spacial score (nSPS) is 17.2. The van der Waals surface area contributed by atoms with Crippen LogP contribution in [0.1, 0.15) is 12.8 Å². The molecule has 110 valence electrons. The Kier molecular flexibility index (Phi) is 4.86. The van der Waals surface area contributed by atoms with Crippen molar-refractivity contribution in [3.63, 3.8) is 0 Å². The van der Waals surface area contributed by atoms with Crippen molar-refractivity contribution in [1.82, 2.24) is 9.47 Å². The van der Waals surface area contributed by atoms with Crippen LogP contribution in [0.5, 0.6) is 0 Å². The van der Waals surface area contributed by atoms with Crippen molar-refractivity contribution in [2.75, 3.05) is 26.2 Å². The second kappa shape index (κ2) is 6.62. The minimum atomic E-state index is -0.497. The summed E-state index contributed by atoms with van der Waals surface area (Å²) >= 11 is 0. The molecule has 1 saturated heterocycles. The van der Waals surface area contributed by atoms with E-state index in [4.69, 9.17) is 5.11 Å². The molecule has 2 heterocycles. The van der Waals surface area contributed by atoms with Crippen LogP contribution >= 0.6 is 0 Å². The Morgan fingerprint density at radius 1 is 1.30 bits per heavy atom. The molecular formula is C13H19N3O4. The van der Waals surface area contributed by atoms with Crippen LogP contribution in [0.25, 0.3) is 0 Å². The molecule has 1 aliphatic rings. The van der Waals surface area contributed by atoms with E-state index < -0.39 is 4.92 Å². The average molecular weight is 281 g/mol. The Morgan fingerprint density at radius 2 is 2.00 bits per heavy atom. The zero-order chi connectivity index (χ0) is 14.5. The summed E-state index contributed by atoms with van der Waals surface area (Å²) in [7, 11) is 0. The van der Waals surface area contributed by atoms with Crippen molar-refractivity contribution >= 4 is 5.69 Å². The first kappa shape index (κ1) is 14.7. The number of aliphatic hydroxyl groups excluding tert-OH is 1. The summed E-state index contributed by atoms with van der Waals surface area (Å²) in [5.74, 6) is 0.381. The molecular weight excluding hydrogens is 262 g/mol. The van der Waals surface area contributed by atoms with Crippen LogP contribution in [0.2, 0.25) is 0 Å². The maximum absolute atomic E-state index is 11.7. The van der Waals surface area contributed by atoms with E-state index in [1.807, 2.05) is 0 Å². The van der Waals surface area contributed by atoms with Crippen LogP contribution in [-0.4, -0.2) is 45.7 Å². The highest BCUT2D eigenvalue weighted by molar-refractivity contribution is 5.24. The second-order valence-electron chi connectivity index (χ2n) is 5.14. The maximum Gasteiger partial charge on any atom is 0.285 e. The Bertz CT molecular complexity index is 521. The molecule has 0 atom stereocenters. The quantitative estimate of drug-likeness (QED) is 0.625. The summed E-state index contributed by atoms with van der Waals surface area (Å²) in [5, 5.41) is 19.8. The second-order valence-corrected chi connectivity index (χ2v) is 5.14. The van der Waals surface area contributed by atoms with Gasteiger partial charge in [-0.25, -0.2) is 0 Å². The maximum atomic E-state index is 11.7. The Balaban J connectivity index is 1.92. The molecule has 7 nitrogen and oxygen atoms in total. The molecule has 2 rings (SSSR count). The molecule has 1 N–H and O–H groups in total. The standard InChI is InChI=1S/C13H19N3O4/c17-10-11-3-5-14(6-4-11)7-8-15-9-12(16(19)20)1-2-13(15)18/h1-2,9,11,17H,3-8,10H2. The van der Waals surface area contributed by atoms with Crippen LogP contribution in [0.15, 0.2) is 23.1 Å². The topological polar surface area (TPSA) is 88.6 Å². The summed E-state index contributed by atoms with van der Waals surface area (Å²) in [5.41, 5.74) is -0.288. The van der Waals surface area contributed by atoms with Crippen molar-refractivity contribution in [2.24, 2.45) is 5.92 Å². The van der Waals surface area contributed by atoms with Gasteiger partial charge in [-0.2, -0.15) is 0 Å². The third-order valence-electron chi connectivity index (χ3n) is 3.80. The third kappa shape index (κ3) is 3.64. The lowest BCUT2D eigenvalue weighted by Crippen LogP contribution is -2.37. The molecule has 1 aromatic heterocycles. The number of rotatable bonds is 5. The van der Waals surface area contributed by atoms with Crippen molar-refractivity contribution < 1.29 is 10.0 Å². The van der Waals surface area contributed by atoms with E-state index in [1.54, 1.807) is 0 Å². The molecule has 20 heavy (non-hydrogen) atoms. The monoisotopic (exact) mass is 281 g/mol. The Hall–Kier alpha value is -1.73. The zero-order valence-corrected chi connectivity index (χ0v) is 11.3. The predicted octanol–water partition coefficient (Wildman–Crippen LogP) is 0.461. The number of pyridine rings is 1. The number of piperidine rings is 1. The molecule has 0 unspecified atom stereocenters. The molecule has 0 aromatic carbocycles. The summed E-state index contributed by atoms with van der Waals surface area (Å²) in [6.07, 6.45) is 3.21. The molecule has 1 fully saturated rings. The lowest BCUT2D eigenvalue weighted by molar-refractivity contribution is -0.385. The van der Waals surface area contributed by atoms with E-state index in [-0.39, 0.29) is 17.9 Å². The highest BCUT2D eigenvalue weighted by atomic mass is 16.6. The van der Waals surface area contributed by atoms with E-state index in [0.717, 1.165) is 25.9 Å². The first-order valence-corrected chi connectivity index (χ1v) is 6.78. The number of nitro groups is 1. The lowest BCUT2D eigenvalue weighted by atomic mass is 9.98. The van der Waals surface area contributed by atoms with Crippen LogP contribution in [-0.2, 0) is 6.54 Å². The molecule has 7 heteroatoms. The number of aromatic nitrogens is 1. The summed E-state index contributed by atoms with van der Waals surface area (Å²) in [6.45, 7) is 3.17. The predicted molar refractivity (Wildman–Crippen MR) is 73.6 cm³/mol. The SMILES string of the molecule is O=c1ccc([N+](=O)[O-])cn1CCN1CCC(CO)CC1. The number of hydrogen-bond acceptors (Lipinski definition) is 5. The van der Waals surface area contributed by atoms with E-state index in [2.05, 4.69) is 4.90 Å². The van der Waals surface area contributed by atoms with E-state index in [1.165, 1.54) is 22.9 Å². The lowest BCUT2D eigenvalue weighted by Gasteiger charge is -2.31. The van der Waals surface area contributed by atoms with Crippen molar-refractivity contribution in [3.05, 3.63) is 38.8 Å². The molecule has 0 radical (unpaired) electrons. The van der Waals surface area contributed by atoms with Gasteiger partial charge in [0.1, 0.15) is 0 Å². The van der Waals surface area contributed by atoms with Gasteiger partial charge in [-0.15, -0.1) is 0 Å². The molecule has 0 aliphatic carbocycles. The first-order valence-electron chi connectivity index (χ1n) is 6.78. The first-order chi connectivity index (χ1) is 9.60. The van der Waals surface area contributed by atoms with E-state index >= 15 is 0 Å². The summed E-state index contributed by atoms with van der Waals surface area (Å²) < 4.78 is 1.39. The fourth-order valence-electron chi connectivity index (χ4n) is 2.44. The number of hydrogen-bond donors (Lipinski definition) is 1. The van der Waals surface area contributed by atoms with Gasteiger partial charge in [-0.05, 0) is 31.8 Å². The summed E-state index contributed by atoms with van der Waals surface area (Å²) in [4.78, 5) is 24.1. The molecule has 0 spiro atoms. The fraction of sp³-hybridized carbons (Fsp3) is 0.615. The van der Waals surface area contributed by atoms with Gasteiger partial charge in [0, 0.05) is 31.8 Å². The number of likely N-dealkylation sites (tertiary alicyclic amines) is 1. The molecule has 0 saturated carbocycles. The van der Waals surface area contributed by atoms with Gasteiger partial charge in [-0.1, -0.05) is 0 Å². The number of nitrogens with zero attached hydrogens (tertiary/aromatic N) is 3. The van der Waals surface area contributed by atoms with Crippen molar-refractivity contribution in [3.8, 4) is 0 Å². The van der Waals surface area contributed by atoms with Gasteiger partial charge in [-0.3, -0.25) is 14.9 Å². The van der Waals surface area contributed by atoms with Gasteiger partial charge in [0.05, 0.1) is 11.1 Å². The van der Waals surface area contributed by atoms with Gasteiger partial charge in [0.25, 0.3) is 11.2 Å². The van der Waals surface area contributed by atoms with Crippen molar-refractivity contribution in [1.29, 1.82) is 0 Å². The van der Waals surface area contributed by atoms with Gasteiger partial charge in [0.15, 0.2) is 0 Å². The molecule has 0 bridgehead atoms. The highest BCUT2D eigenvalue weighted by Gasteiger charge is 2.18. The average Bonchev–Trinajstić information content (AvgIpc) is 2.46. The van der Waals surface area contributed by atoms with Crippen LogP contribution in [0, 0.1) is 16.0 Å². The number of aliphatic hydroxyl groups is 1. The minimum absolute atomic E-state index is 0.0661. The van der Waals surface area contributed by atoms with Crippen molar-refractivity contribution in [2.45, 2.75) is 19.4 Å². The zero-order valence-electron chi connectivity index (χ0n) is 11.3. The largest absolute Gasteiger partial charge is 0.396 e. The molecule has 1 aliphatic heterocycles. The molecule has 0 amide bonds. The minimum Gasteiger partial charge on any atom is -0.396 e. The molecule has 1 aromatic rings. The van der Waals surface area contributed by atoms with Gasteiger partial charge in [0.2, 0.25) is 0 Å².